The Kier molecular flexibility index (Phi) is 34.8. The molecule has 11 amide bonds. The van der Waals surface area contributed by atoms with Gasteiger partial charge in [0, 0.05) is 88.6 Å². The Bertz CT molecular complexity index is 2650. The van der Waals surface area contributed by atoms with Crippen LogP contribution in [0.15, 0.2) is 29.3 Å². The molecule has 8 atom stereocenters. The van der Waals surface area contributed by atoms with E-state index in [0.717, 1.165) is 25.0 Å². The van der Waals surface area contributed by atoms with Crippen LogP contribution in [0.1, 0.15) is 140 Å². The van der Waals surface area contributed by atoms with Gasteiger partial charge in [-0.25, -0.2) is 4.79 Å². The number of phenols is 1. The van der Waals surface area contributed by atoms with Crippen molar-refractivity contribution >= 4 is 94.5 Å². The lowest BCUT2D eigenvalue weighted by atomic mass is 10.0. The Hall–Kier alpha value is -8.13. The molecule has 0 spiro atoms. The number of ketones is 2. The number of aliphatic carboxylic acids is 1. The van der Waals surface area contributed by atoms with Gasteiger partial charge < -0.3 is 90.1 Å². The first-order valence-corrected chi connectivity index (χ1v) is 32.1. The third-order valence-electron chi connectivity index (χ3n) is 15.1. The van der Waals surface area contributed by atoms with Crippen molar-refractivity contribution in [2.75, 3.05) is 58.4 Å². The molecule has 31 nitrogen and oxygen atoms in total. The lowest BCUT2D eigenvalue weighted by Gasteiger charge is -2.26. The van der Waals surface area contributed by atoms with Crippen LogP contribution in [-0.4, -0.2) is 199 Å². The molecule has 3 heterocycles. The van der Waals surface area contributed by atoms with Gasteiger partial charge in [-0.2, -0.15) is 11.8 Å². The van der Waals surface area contributed by atoms with E-state index < -0.39 is 90.5 Å². The molecule has 32 heteroatoms. The fourth-order valence-corrected chi connectivity index (χ4v) is 11.7. The van der Waals surface area contributed by atoms with Gasteiger partial charge in [-0.15, -0.1) is 0 Å². The standard InChI is InChI=1S/C59H92N14O17S/c60-53(83)40(12-6-7-25-63-47(77)16-5-4-15-46-52-45(35-91-46)72-59(88)73-52)67-49(79)24-22-38(75)11-9-28-89-30-31-90-29-27-64-48(78)23-21-37(74)10-2-1-3-13-42-55(85)69-41(14-8-26-65-58(61)62)54(84)66-34-50(80)68-44(33-51(81)82)57(87)71-43(56(86)70-42)32-36-17-19-39(76)20-18-36/h17-20,40-46,52,76H,1-16,21-35H2,(H2,60,83)(H,63,77)(H,64,78)(H,66,84)(H,67,79)(H,68,80)(H,69,85)(H,70,86)(H,71,87)(H,81,82)(H4,61,62,65)(H2,72,73,88)/t40-,41-,42-,43+,44-,45-,46-,52-/m0/s1. The van der Waals surface area contributed by atoms with Gasteiger partial charge in [0.05, 0.1) is 44.9 Å². The molecule has 1 aromatic carbocycles. The summed E-state index contributed by atoms with van der Waals surface area (Å²) in [6, 6.07) is -0.687. The Morgan fingerprint density at radius 2 is 1.20 bits per heavy atom. The highest BCUT2D eigenvalue weighted by Crippen LogP contribution is 2.33. The van der Waals surface area contributed by atoms with Crippen molar-refractivity contribution in [2.24, 2.45) is 22.2 Å². The summed E-state index contributed by atoms with van der Waals surface area (Å²) in [5.74, 6) is -7.15. The zero-order valence-corrected chi connectivity index (χ0v) is 52.3. The van der Waals surface area contributed by atoms with Gasteiger partial charge in [0.15, 0.2) is 5.96 Å². The molecule has 3 saturated heterocycles. The molecular formula is C59H92N14O17S. The highest BCUT2D eigenvalue weighted by molar-refractivity contribution is 8.00. The maximum absolute atomic E-state index is 14.1. The number of guanidine groups is 1. The van der Waals surface area contributed by atoms with E-state index in [1.165, 1.54) is 24.3 Å². The van der Waals surface area contributed by atoms with Crippen LogP contribution in [0.3, 0.4) is 0 Å². The molecule has 0 aliphatic carbocycles. The van der Waals surface area contributed by atoms with E-state index in [2.05, 4.69) is 58.2 Å². The lowest BCUT2D eigenvalue weighted by molar-refractivity contribution is -0.141. The van der Waals surface area contributed by atoms with Crippen molar-refractivity contribution in [3.8, 4) is 5.75 Å². The summed E-state index contributed by atoms with van der Waals surface area (Å²) in [5, 5.41) is 46.2. The zero-order chi connectivity index (χ0) is 66.5. The number of hydrogen-bond donors (Lipinski definition) is 15. The van der Waals surface area contributed by atoms with Gasteiger partial charge in [-0.1, -0.05) is 31.4 Å². The number of primary amides is 1. The number of ether oxygens (including phenoxy) is 2. The third kappa shape index (κ3) is 31.4. The van der Waals surface area contributed by atoms with Gasteiger partial charge in [0.1, 0.15) is 47.5 Å². The predicted octanol–water partition coefficient (Wildman–Crippen LogP) is -1.91. The number of nitrogens with one attached hydrogen (secondary N) is 10. The highest BCUT2D eigenvalue weighted by atomic mass is 32.2. The number of thioether (sulfide) groups is 1. The Labute approximate surface area is 532 Å². The molecule has 3 aliphatic rings. The molecule has 0 bridgehead atoms. The van der Waals surface area contributed by atoms with Crippen LogP contribution in [0, 0.1) is 0 Å². The normalized spacial score (nSPS) is 20.5. The summed E-state index contributed by atoms with van der Waals surface area (Å²) in [7, 11) is 0. The second-order valence-electron chi connectivity index (χ2n) is 22.5. The molecule has 91 heavy (non-hydrogen) atoms. The van der Waals surface area contributed by atoms with E-state index in [4.69, 9.17) is 26.7 Å². The van der Waals surface area contributed by atoms with E-state index in [9.17, 15) is 72.5 Å². The minimum absolute atomic E-state index is 0.00101. The van der Waals surface area contributed by atoms with Crippen LogP contribution >= 0.6 is 11.8 Å². The number of phenolic OH excluding ortho intramolecular Hbond substituents is 1. The second kappa shape index (κ2) is 42.0. The summed E-state index contributed by atoms with van der Waals surface area (Å²) in [6.45, 7) is 0.885. The summed E-state index contributed by atoms with van der Waals surface area (Å²) >= 11 is 1.84. The number of rotatable bonds is 42. The van der Waals surface area contributed by atoms with Crippen LogP contribution in [-0.2, 0) is 73.4 Å². The molecule has 0 radical (unpaired) electrons. The number of fused-ring (bicyclic) bond motifs is 1. The van der Waals surface area contributed by atoms with Crippen LogP contribution < -0.4 is 70.4 Å². The number of carbonyl (C=O) groups is 13. The number of aliphatic imine (C=N–C) groups is 1. The SMILES string of the molecule is NC(=O)[C@H](CCCCNC(=O)CCCC[C@@H]1SC[C@@H]2NC(=O)N[C@@H]21)NC(=O)CCC(=O)CCCOCCOCCNC(=O)CCC(=O)CCCCC[C@@H]1NC(=O)[C@@H](Cc2ccc(O)cc2)NC(=O)[C@H](CC(=O)O)NC(=O)CNC(=O)[C@H](CCCN=C(N)N)NC1=O. The summed E-state index contributed by atoms with van der Waals surface area (Å²) in [5.41, 5.74) is 16.8. The minimum atomic E-state index is -1.68. The van der Waals surface area contributed by atoms with Crippen molar-refractivity contribution in [3.05, 3.63) is 29.8 Å². The number of nitrogens with zero attached hydrogens (tertiary/aromatic N) is 1. The first-order chi connectivity index (χ1) is 43.6. The molecule has 1 aromatic rings. The summed E-state index contributed by atoms with van der Waals surface area (Å²) < 4.78 is 11.0. The van der Waals surface area contributed by atoms with Crippen LogP contribution in [0.2, 0.25) is 0 Å². The molecular weight excluding hydrogens is 1210 g/mol. The maximum atomic E-state index is 14.1. The number of unbranched alkanes of at least 4 members (excludes halogenated alkanes) is 4. The average Bonchev–Trinajstić information content (AvgIpc) is 1.87. The summed E-state index contributed by atoms with van der Waals surface area (Å²) in [6.07, 6.45) is 5.05. The van der Waals surface area contributed by atoms with E-state index in [1.807, 2.05) is 11.8 Å². The van der Waals surface area contributed by atoms with Crippen molar-refractivity contribution in [2.45, 2.75) is 189 Å². The fourth-order valence-electron chi connectivity index (χ4n) is 10.1. The monoisotopic (exact) mass is 1300 g/mol. The predicted molar refractivity (Wildman–Crippen MR) is 332 cm³/mol. The number of carboxylic acid groups (broad SMARTS) is 1. The largest absolute Gasteiger partial charge is 0.508 e. The minimum Gasteiger partial charge on any atom is -0.508 e. The maximum Gasteiger partial charge on any atom is 0.315 e. The second-order valence-corrected chi connectivity index (χ2v) is 23.8. The highest BCUT2D eigenvalue weighted by Gasteiger charge is 2.42. The number of aromatic hydroxyl groups is 1. The molecule has 3 fully saturated rings. The zero-order valence-electron chi connectivity index (χ0n) is 51.5. The van der Waals surface area contributed by atoms with Gasteiger partial charge in [-0.05, 0) is 81.9 Å². The first kappa shape index (κ1) is 75.3. The number of benzene rings is 1. The van der Waals surface area contributed by atoms with Crippen molar-refractivity contribution in [1.82, 2.24) is 53.2 Å². The van der Waals surface area contributed by atoms with Gasteiger partial charge in [-0.3, -0.25) is 62.5 Å². The van der Waals surface area contributed by atoms with E-state index in [0.29, 0.717) is 62.3 Å². The lowest BCUT2D eigenvalue weighted by Crippen LogP contribution is -2.58. The number of hydrogen-bond acceptors (Lipinski definition) is 18. The van der Waals surface area contributed by atoms with Gasteiger partial charge in [0.25, 0.3) is 0 Å². The average molecular weight is 1300 g/mol. The molecule has 0 unspecified atom stereocenters. The van der Waals surface area contributed by atoms with Gasteiger partial charge in [0.2, 0.25) is 53.2 Å². The van der Waals surface area contributed by atoms with Crippen molar-refractivity contribution in [3.63, 3.8) is 0 Å². The Morgan fingerprint density at radius 3 is 1.90 bits per heavy atom. The number of nitrogens with two attached hydrogens (primary N) is 3. The Morgan fingerprint density at radius 1 is 0.593 bits per heavy atom. The number of amides is 11. The smallest absolute Gasteiger partial charge is 0.315 e. The molecule has 0 saturated carbocycles. The van der Waals surface area contributed by atoms with Crippen LogP contribution in [0.4, 0.5) is 4.79 Å². The van der Waals surface area contributed by atoms with E-state index in [1.54, 1.807) is 0 Å². The van der Waals surface area contributed by atoms with Crippen molar-refractivity contribution in [1.29, 1.82) is 0 Å². The Balaban J connectivity index is 1.07. The molecule has 4 rings (SSSR count). The van der Waals surface area contributed by atoms with E-state index >= 15 is 0 Å². The molecule has 18 N–H and O–H groups in total. The number of Topliss-reactive ketones (excluding diaryl/α,β-unsaturated/α-hetero) is 2. The molecule has 506 valence electrons. The first-order valence-electron chi connectivity index (χ1n) is 31.1. The quantitative estimate of drug-likeness (QED) is 0.0147. The van der Waals surface area contributed by atoms with Gasteiger partial charge >= 0.3 is 12.0 Å². The summed E-state index contributed by atoms with van der Waals surface area (Å²) in [4.78, 5) is 170. The topological polar surface area (TPSA) is 492 Å². The van der Waals surface area contributed by atoms with Crippen LogP contribution in [0.5, 0.6) is 5.75 Å². The molecule has 3 aliphatic heterocycles. The number of carbonyl (C=O) groups excluding carboxylic acids is 12. The fraction of sp³-hybridized carbons (Fsp3) is 0.661. The molecule has 0 aromatic heterocycles. The van der Waals surface area contributed by atoms with E-state index in [-0.39, 0.29) is 163 Å². The number of carboxylic acids is 1. The van der Waals surface area contributed by atoms with Crippen LogP contribution in [0.25, 0.3) is 0 Å². The third-order valence-corrected chi connectivity index (χ3v) is 16.6. The van der Waals surface area contributed by atoms with Crippen molar-refractivity contribution < 1.29 is 82.0 Å². The number of urea groups is 1.